The molecule has 5 nitrogen and oxygen atoms in total. The molecule has 3 aromatic rings. The highest BCUT2D eigenvalue weighted by molar-refractivity contribution is 5.93. The minimum atomic E-state index is -0.489. The first kappa shape index (κ1) is 13.9. The van der Waals surface area contributed by atoms with Crippen LogP contribution in [0, 0.1) is 0 Å². The number of carbonyl (C=O) groups excluding carboxylic acids is 2. The van der Waals surface area contributed by atoms with Crippen molar-refractivity contribution in [2.75, 3.05) is 0 Å². The van der Waals surface area contributed by atoms with Crippen molar-refractivity contribution in [2.24, 2.45) is 0 Å². The van der Waals surface area contributed by atoms with Gasteiger partial charge in [-0.1, -0.05) is 42.5 Å². The average molecular weight is 294 g/mol. The van der Waals surface area contributed by atoms with Crippen molar-refractivity contribution in [1.29, 1.82) is 0 Å². The monoisotopic (exact) mass is 294 g/mol. The summed E-state index contributed by atoms with van der Waals surface area (Å²) in [6.07, 6.45) is 1.58. The molecule has 0 aliphatic heterocycles. The molecule has 2 N–H and O–H groups in total. The van der Waals surface area contributed by atoms with E-state index in [4.69, 9.17) is 4.42 Å². The smallest absolute Gasteiger partial charge is 0.305 e. The van der Waals surface area contributed by atoms with E-state index in [9.17, 15) is 9.59 Å². The molecule has 1 heterocycles. The number of fused-ring (bicyclic) bond motifs is 1. The quantitative estimate of drug-likeness (QED) is 0.729. The molecule has 3 rings (SSSR count). The van der Waals surface area contributed by atoms with Gasteiger partial charge in [-0.25, -0.2) is 0 Å². The highest BCUT2D eigenvalue weighted by atomic mass is 16.3. The summed E-state index contributed by atoms with van der Waals surface area (Å²) in [6.45, 7) is 0. The molecule has 0 atom stereocenters. The van der Waals surface area contributed by atoms with Crippen LogP contribution in [0.15, 0.2) is 65.3 Å². The van der Waals surface area contributed by atoms with Crippen LogP contribution in [0.4, 0.5) is 0 Å². The van der Waals surface area contributed by atoms with Crippen LogP contribution in [-0.2, 0) is 11.2 Å². The van der Waals surface area contributed by atoms with E-state index in [-0.39, 0.29) is 18.1 Å². The molecule has 0 saturated carbocycles. The molecule has 0 aliphatic rings. The van der Waals surface area contributed by atoms with Gasteiger partial charge in [-0.15, -0.1) is 0 Å². The van der Waals surface area contributed by atoms with Gasteiger partial charge in [0.2, 0.25) is 5.91 Å². The van der Waals surface area contributed by atoms with Crippen molar-refractivity contribution in [3.63, 3.8) is 0 Å². The van der Waals surface area contributed by atoms with Crippen molar-refractivity contribution in [3.05, 3.63) is 72.2 Å². The second kappa shape index (κ2) is 6.13. The maximum absolute atomic E-state index is 11.9. The Morgan fingerprint density at radius 2 is 1.73 bits per heavy atom. The van der Waals surface area contributed by atoms with Gasteiger partial charge < -0.3 is 4.42 Å². The van der Waals surface area contributed by atoms with Crippen LogP contribution in [0.3, 0.4) is 0 Å². The lowest BCUT2D eigenvalue weighted by Crippen LogP contribution is -2.42. The number of hydrogen-bond donors (Lipinski definition) is 2. The predicted octanol–water partition coefficient (Wildman–Crippen LogP) is 2.44. The van der Waals surface area contributed by atoms with Gasteiger partial charge in [0.05, 0.1) is 12.7 Å². The number of nitrogens with one attached hydrogen (secondary N) is 2. The zero-order valence-electron chi connectivity index (χ0n) is 11.7. The molecule has 0 fully saturated rings. The second-order valence-electron chi connectivity index (χ2n) is 4.84. The molecule has 0 radical (unpaired) electrons. The zero-order chi connectivity index (χ0) is 15.4. The molecule has 22 heavy (non-hydrogen) atoms. The normalized spacial score (nSPS) is 10.4. The van der Waals surface area contributed by atoms with Crippen LogP contribution < -0.4 is 10.9 Å². The highest BCUT2D eigenvalue weighted by Crippen LogP contribution is 2.15. The third kappa shape index (κ3) is 3.15. The van der Waals surface area contributed by atoms with Gasteiger partial charge >= 0.3 is 5.91 Å². The van der Waals surface area contributed by atoms with Crippen molar-refractivity contribution < 1.29 is 14.0 Å². The lowest BCUT2D eigenvalue weighted by Gasteiger charge is -2.07. The summed E-state index contributed by atoms with van der Waals surface area (Å²) in [6, 6.07) is 16.9. The average Bonchev–Trinajstić information content (AvgIpc) is 3.07. The highest BCUT2D eigenvalue weighted by Gasteiger charge is 2.10. The van der Waals surface area contributed by atoms with Gasteiger partial charge in [0.1, 0.15) is 0 Å². The maximum atomic E-state index is 11.9. The number of rotatable bonds is 3. The molecule has 0 spiro atoms. The number of furan rings is 1. The topological polar surface area (TPSA) is 71.3 Å². The Hall–Kier alpha value is -3.08. The van der Waals surface area contributed by atoms with E-state index in [1.165, 1.54) is 12.3 Å². The summed E-state index contributed by atoms with van der Waals surface area (Å²) < 4.78 is 4.93. The standard InChI is InChI=1S/C17H14N2O3/c20-16(18-19-17(21)15-6-3-9-22-15)11-12-7-8-13-4-1-2-5-14(13)10-12/h1-10H,11H2,(H,18,20)(H,19,21). The number of hydrogen-bond acceptors (Lipinski definition) is 3. The van der Waals surface area contributed by atoms with Gasteiger partial charge in [0.25, 0.3) is 0 Å². The molecule has 2 amide bonds. The fourth-order valence-corrected chi connectivity index (χ4v) is 2.17. The van der Waals surface area contributed by atoms with Crippen molar-refractivity contribution >= 4 is 22.6 Å². The zero-order valence-corrected chi connectivity index (χ0v) is 11.7. The molecule has 0 bridgehead atoms. The molecular weight excluding hydrogens is 280 g/mol. The molecular formula is C17H14N2O3. The van der Waals surface area contributed by atoms with Gasteiger partial charge in [0, 0.05) is 0 Å². The lowest BCUT2D eigenvalue weighted by atomic mass is 10.1. The number of carbonyl (C=O) groups is 2. The fourth-order valence-electron chi connectivity index (χ4n) is 2.17. The summed E-state index contributed by atoms with van der Waals surface area (Å²) in [5.74, 6) is -0.641. The molecule has 0 aliphatic carbocycles. The molecule has 5 heteroatoms. The predicted molar refractivity (Wildman–Crippen MR) is 82.0 cm³/mol. The van der Waals surface area contributed by atoms with Gasteiger partial charge in [-0.05, 0) is 28.5 Å². The lowest BCUT2D eigenvalue weighted by molar-refractivity contribution is -0.121. The van der Waals surface area contributed by atoms with E-state index >= 15 is 0 Å². The van der Waals surface area contributed by atoms with Crippen LogP contribution in [0.5, 0.6) is 0 Å². The number of hydrazine groups is 1. The Bertz CT molecular complexity index is 810. The Morgan fingerprint density at radius 1 is 0.909 bits per heavy atom. The second-order valence-corrected chi connectivity index (χ2v) is 4.84. The maximum Gasteiger partial charge on any atom is 0.305 e. The summed E-state index contributed by atoms with van der Waals surface area (Å²) in [5.41, 5.74) is 5.56. The molecule has 110 valence electrons. The Balaban J connectivity index is 1.59. The van der Waals surface area contributed by atoms with Crippen LogP contribution in [0.1, 0.15) is 16.1 Å². The van der Waals surface area contributed by atoms with E-state index in [0.717, 1.165) is 16.3 Å². The third-order valence-electron chi connectivity index (χ3n) is 3.24. The van der Waals surface area contributed by atoms with Crippen LogP contribution in [0.25, 0.3) is 10.8 Å². The van der Waals surface area contributed by atoms with Crippen LogP contribution in [-0.4, -0.2) is 11.8 Å². The van der Waals surface area contributed by atoms with Gasteiger partial charge in [0.15, 0.2) is 5.76 Å². The summed E-state index contributed by atoms with van der Waals surface area (Å²) in [5, 5.41) is 2.20. The van der Waals surface area contributed by atoms with Crippen molar-refractivity contribution in [2.45, 2.75) is 6.42 Å². The third-order valence-corrected chi connectivity index (χ3v) is 3.24. The van der Waals surface area contributed by atoms with E-state index < -0.39 is 5.91 Å². The Labute approximate surface area is 126 Å². The SMILES string of the molecule is O=C(Cc1ccc2ccccc2c1)NNC(=O)c1ccco1. The first-order chi connectivity index (χ1) is 10.7. The Kier molecular flexibility index (Phi) is 3.87. The van der Waals surface area contributed by atoms with E-state index in [2.05, 4.69) is 10.9 Å². The fraction of sp³-hybridized carbons (Fsp3) is 0.0588. The van der Waals surface area contributed by atoms with Crippen LogP contribution >= 0.6 is 0 Å². The Morgan fingerprint density at radius 3 is 2.50 bits per heavy atom. The summed E-state index contributed by atoms with van der Waals surface area (Å²) in [7, 11) is 0. The molecule has 1 aromatic heterocycles. The van der Waals surface area contributed by atoms with Crippen molar-refractivity contribution in [3.8, 4) is 0 Å². The van der Waals surface area contributed by atoms with E-state index in [0.29, 0.717) is 0 Å². The molecule has 2 aromatic carbocycles. The van der Waals surface area contributed by atoms with Crippen LogP contribution in [0.2, 0.25) is 0 Å². The first-order valence-electron chi connectivity index (χ1n) is 6.83. The minimum Gasteiger partial charge on any atom is -0.459 e. The van der Waals surface area contributed by atoms with Gasteiger partial charge in [-0.2, -0.15) is 0 Å². The minimum absolute atomic E-state index is 0.144. The summed E-state index contributed by atoms with van der Waals surface area (Å²) in [4.78, 5) is 23.5. The largest absolute Gasteiger partial charge is 0.459 e. The first-order valence-corrected chi connectivity index (χ1v) is 6.83. The molecule has 0 unspecified atom stereocenters. The van der Waals surface area contributed by atoms with Gasteiger partial charge in [-0.3, -0.25) is 20.4 Å². The molecule has 0 saturated heterocycles. The van der Waals surface area contributed by atoms with Crippen molar-refractivity contribution in [1.82, 2.24) is 10.9 Å². The van der Waals surface area contributed by atoms with E-state index in [1.54, 1.807) is 6.07 Å². The number of benzene rings is 2. The summed E-state index contributed by atoms with van der Waals surface area (Å²) >= 11 is 0. The number of amides is 2. The van der Waals surface area contributed by atoms with E-state index in [1.807, 2.05) is 42.5 Å².